The van der Waals surface area contributed by atoms with Crippen LogP contribution in [0.4, 0.5) is 24.8 Å². The highest BCUT2D eigenvalue weighted by Crippen LogP contribution is 2.35. The van der Waals surface area contributed by atoms with Gasteiger partial charge in [-0.2, -0.15) is 18.2 Å². The van der Waals surface area contributed by atoms with Crippen LogP contribution in [0.3, 0.4) is 0 Å². The summed E-state index contributed by atoms with van der Waals surface area (Å²) in [6.45, 7) is 3.27. The average Bonchev–Trinajstić information content (AvgIpc) is 2.36. The van der Waals surface area contributed by atoms with Gasteiger partial charge in [0.05, 0.1) is 6.10 Å². The predicted molar refractivity (Wildman–Crippen MR) is 85.2 cm³/mol. The molecule has 0 spiro atoms. The third kappa shape index (κ3) is 4.46. The Kier molecular flexibility index (Phi) is 5.09. The first kappa shape index (κ1) is 16.8. The van der Waals surface area contributed by atoms with E-state index in [1.165, 1.54) is 0 Å². The second kappa shape index (κ2) is 6.67. The Bertz CT molecular complexity index is 662. The lowest BCUT2D eigenvalue weighted by molar-refractivity contribution is -0.139. The molecule has 2 aromatic rings. The third-order valence-corrected chi connectivity index (χ3v) is 3.16. The van der Waals surface area contributed by atoms with E-state index >= 15 is 0 Å². The van der Waals surface area contributed by atoms with E-state index in [2.05, 4.69) is 37.9 Å². The molecule has 0 saturated carbocycles. The molecule has 1 aromatic carbocycles. The van der Waals surface area contributed by atoms with E-state index < -0.39 is 23.7 Å². The fourth-order valence-corrected chi connectivity index (χ4v) is 2.17. The first-order valence-corrected chi connectivity index (χ1v) is 7.47. The van der Waals surface area contributed by atoms with Crippen molar-refractivity contribution in [1.29, 1.82) is 0 Å². The van der Waals surface area contributed by atoms with Crippen LogP contribution in [0, 0.1) is 3.57 Å². The van der Waals surface area contributed by atoms with Gasteiger partial charge >= 0.3 is 6.18 Å². The van der Waals surface area contributed by atoms with Gasteiger partial charge in [0.1, 0.15) is 5.56 Å². The molecule has 118 valence electrons. The van der Waals surface area contributed by atoms with Crippen LogP contribution < -0.4 is 10.1 Å². The van der Waals surface area contributed by atoms with Crippen molar-refractivity contribution in [2.45, 2.75) is 26.1 Å². The molecule has 0 radical (unpaired) electrons. The van der Waals surface area contributed by atoms with Crippen LogP contribution in [0.5, 0.6) is 5.88 Å². The van der Waals surface area contributed by atoms with E-state index in [1.54, 1.807) is 19.9 Å². The second-order valence-electron chi connectivity index (χ2n) is 4.71. The van der Waals surface area contributed by atoms with Gasteiger partial charge in [0.15, 0.2) is 0 Å². The molecule has 8 heteroatoms. The molecule has 2 rings (SSSR count). The molecule has 0 amide bonds. The minimum atomic E-state index is -4.56. The first-order chi connectivity index (χ1) is 10.3. The fourth-order valence-electron chi connectivity index (χ4n) is 1.63. The molecule has 1 aromatic heterocycles. The van der Waals surface area contributed by atoms with Crippen molar-refractivity contribution >= 4 is 34.2 Å². The number of nitrogens with one attached hydrogen (secondary N) is 1. The summed E-state index contributed by atoms with van der Waals surface area (Å²) in [7, 11) is 0. The Morgan fingerprint density at radius 1 is 1.27 bits per heavy atom. The van der Waals surface area contributed by atoms with Crippen LogP contribution in [-0.4, -0.2) is 16.1 Å². The van der Waals surface area contributed by atoms with Crippen LogP contribution in [0.2, 0.25) is 0 Å². The summed E-state index contributed by atoms with van der Waals surface area (Å²) in [6.07, 6.45) is -4.27. The zero-order valence-corrected chi connectivity index (χ0v) is 13.9. The maximum absolute atomic E-state index is 12.9. The van der Waals surface area contributed by atoms with Crippen LogP contribution in [0.25, 0.3) is 0 Å². The van der Waals surface area contributed by atoms with Crippen LogP contribution in [-0.2, 0) is 6.18 Å². The zero-order chi connectivity index (χ0) is 16.3. The number of alkyl halides is 3. The number of hydrogen-bond donors (Lipinski definition) is 1. The van der Waals surface area contributed by atoms with Crippen LogP contribution in [0.1, 0.15) is 19.4 Å². The molecule has 4 nitrogen and oxygen atoms in total. The summed E-state index contributed by atoms with van der Waals surface area (Å²) in [6, 6.07) is 7.31. The Hall–Kier alpha value is -1.58. The van der Waals surface area contributed by atoms with E-state index in [4.69, 9.17) is 4.74 Å². The van der Waals surface area contributed by atoms with E-state index in [9.17, 15) is 13.2 Å². The van der Waals surface area contributed by atoms with Gasteiger partial charge in [-0.1, -0.05) is 6.07 Å². The number of ether oxygens (including phenoxy) is 1. The van der Waals surface area contributed by atoms with E-state index in [0.717, 1.165) is 9.77 Å². The summed E-state index contributed by atoms with van der Waals surface area (Å²) in [5.74, 6) is -0.434. The minimum absolute atomic E-state index is 0.0469. The van der Waals surface area contributed by atoms with E-state index in [0.29, 0.717) is 5.69 Å². The number of hydrogen-bond acceptors (Lipinski definition) is 4. The molecular formula is C14H13F3IN3O. The molecule has 0 aliphatic heterocycles. The van der Waals surface area contributed by atoms with Gasteiger partial charge in [-0.3, -0.25) is 0 Å². The van der Waals surface area contributed by atoms with E-state index in [1.807, 2.05) is 18.2 Å². The van der Waals surface area contributed by atoms with Gasteiger partial charge < -0.3 is 10.1 Å². The SMILES string of the molecule is CC(C)Oc1nc(Nc2cccc(I)c2)ncc1C(F)(F)F. The standard InChI is InChI=1S/C14H13F3IN3O/c1-8(2)22-12-11(14(15,16)17)7-19-13(21-12)20-10-5-3-4-9(18)6-10/h3-8H,1-2H3,(H,19,20,21). The Labute approximate surface area is 139 Å². The number of aromatic nitrogens is 2. The smallest absolute Gasteiger partial charge is 0.423 e. The zero-order valence-electron chi connectivity index (χ0n) is 11.8. The summed E-state index contributed by atoms with van der Waals surface area (Å²) in [5.41, 5.74) is -0.309. The van der Waals surface area contributed by atoms with Gasteiger partial charge in [-0.25, -0.2) is 4.98 Å². The topological polar surface area (TPSA) is 47.0 Å². The molecule has 0 unspecified atom stereocenters. The maximum atomic E-state index is 12.9. The van der Waals surface area contributed by atoms with Gasteiger partial charge in [0.2, 0.25) is 11.8 Å². The molecule has 0 aliphatic carbocycles. The largest absolute Gasteiger partial charge is 0.474 e. The summed E-state index contributed by atoms with van der Waals surface area (Å²) >= 11 is 2.13. The molecule has 0 bridgehead atoms. The minimum Gasteiger partial charge on any atom is -0.474 e. The average molecular weight is 423 g/mol. The Balaban J connectivity index is 2.34. The highest BCUT2D eigenvalue weighted by molar-refractivity contribution is 14.1. The third-order valence-electron chi connectivity index (χ3n) is 2.49. The number of anilines is 2. The monoisotopic (exact) mass is 423 g/mol. The fraction of sp³-hybridized carbons (Fsp3) is 0.286. The molecular weight excluding hydrogens is 410 g/mol. The molecule has 0 saturated heterocycles. The predicted octanol–water partition coefficient (Wildman–Crippen LogP) is 4.63. The van der Waals surface area contributed by atoms with Crippen molar-refractivity contribution in [3.8, 4) is 5.88 Å². The van der Waals surface area contributed by atoms with Gasteiger partial charge in [0, 0.05) is 15.5 Å². The second-order valence-corrected chi connectivity index (χ2v) is 5.96. The van der Waals surface area contributed by atoms with E-state index in [-0.39, 0.29) is 5.95 Å². The lowest BCUT2D eigenvalue weighted by Crippen LogP contribution is -2.15. The van der Waals surface area contributed by atoms with Gasteiger partial charge in [-0.15, -0.1) is 0 Å². The lowest BCUT2D eigenvalue weighted by Gasteiger charge is -2.15. The van der Waals surface area contributed by atoms with Crippen molar-refractivity contribution in [2.75, 3.05) is 5.32 Å². The van der Waals surface area contributed by atoms with Crippen molar-refractivity contribution in [3.63, 3.8) is 0 Å². The molecule has 0 aliphatic rings. The Morgan fingerprint density at radius 2 is 2.00 bits per heavy atom. The van der Waals surface area contributed by atoms with Gasteiger partial charge in [-0.05, 0) is 54.6 Å². The number of nitrogens with zero attached hydrogens (tertiary/aromatic N) is 2. The molecule has 1 N–H and O–H groups in total. The van der Waals surface area contributed by atoms with Gasteiger partial charge in [0.25, 0.3) is 0 Å². The summed E-state index contributed by atoms with van der Waals surface area (Å²) in [5, 5.41) is 2.86. The summed E-state index contributed by atoms with van der Waals surface area (Å²) in [4.78, 5) is 7.55. The van der Waals surface area contributed by atoms with Crippen LogP contribution >= 0.6 is 22.6 Å². The molecule has 1 heterocycles. The van der Waals surface area contributed by atoms with Crippen molar-refractivity contribution in [3.05, 3.63) is 39.6 Å². The lowest BCUT2D eigenvalue weighted by atomic mass is 10.3. The Morgan fingerprint density at radius 3 is 2.59 bits per heavy atom. The van der Waals surface area contributed by atoms with Crippen molar-refractivity contribution in [2.24, 2.45) is 0 Å². The highest BCUT2D eigenvalue weighted by Gasteiger charge is 2.36. The normalized spacial score (nSPS) is 11.6. The molecule has 0 fully saturated rings. The number of halogens is 4. The van der Waals surface area contributed by atoms with Crippen molar-refractivity contribution < 1.29 is 17.9 Å². The maximum Gasteiger partial charge on any atom is 0.423 e. The van der Waals surface area contributed by atoms with Crippen molar-refractivity contribution in [1.82, 2.24) is 9.97 Å². The highest BCUT2D eigenvalue weighted by atomic mass is 127. The summed E-state index contributed by atoms with van der Waals surface area (Å²) < 4.78 is 44.9. The molecule has 0 atom stereocenters. The first-order valence-electron chi connectivity index (χ1n) is 6.39. The number of rotatable bonds is 4. The quantitative estimate of drug-likeness (QED) is 0.729. The number of benzene rings is 1. The molecule has 22 heavy (non-hydrogen) atoms. The van der Waals surface area contributed by atoms with Crippen LogP contribution in [0.15, 0.2) is 30.5 Å².